The van der Waals surface area contributed by atoms with Gasteiger partial charge in [0.25, 0.3) is 5.91 Å². The highest BCUT2D eigenvalue weighted by Gasteiger charge is 2.13. The normalized spacial score (nSPS) is 10.7. The molecule has 3 heterocycles. The van der Waals surface area contributed by atoms with E-state index in [2.05, 4.69) is 20.8 Å². The Bertz CT molecular complexity index is 1010. The molecule has 4 aromatic rings. The van der Waals surface area contributed by atoms with Crippen LogP contribution in [0, 0.1) is 0 Å². The van der Waals surface area contributed by atoms with Crippen LogP contribution in [0.3, 0.4) is 0 Å². The standard InChI is InChI=1S/C19H16N4O3S/c24-19(21-10-14-4-3-8-25-14)15-5-1-2-6-16(15)20-11-17-22-18(23-26-17)13-7-9-27-12-13/h1-9,12,20H,10-11H2,(H,21,24). The summed E-state index contributed by atoms with van der Waals surface area (Å²) in [4.78, 5) is 16.9. The number of hydrogen-bond donors (Lipinski definition) is 2. The quantitative estimate of drug-likeness (QED) is 0.505. The van der Waals surface area contributed by atoms with E-state index in [-0.39, 0.29) is 5.91 Å². The van der Waals surface area contributed by atoms with Gasteiger partial charge >= 0.3 is 0 Å². The third-order valence-electron chi connectivity index (χ3n) is 3.85. The lowest BCUT2D eigenvalue weighted by atomic mass is 10.1. The van der Waals surface area contributed by atoms with Gasteiger partial charge in [-0.1, -0.05) is 17.3 Å². The molecule has 0 unspecified atom stereocenters. The zero-order chi connectivity index (χ0) is 18.5. The number of carbonyl (C=O) groups is 1. The van der Waals surface area contributed by atoms with Crippen molar-refractivity contribution in [3.63, 3.8) is 0 Å². The maximum absolute atomic E-state index is 12.5. The molecule has 0 bridgehead atoms. The first-order valence-electron chi connectivity index (χ1n) is 8.28. The van der Waals surface area contributed by atoms with Gasteiger partial charge in [0.2, 0.25) is 11.7 Å². The Morgan fingerprint density at radius 3 is 2.85 bits per heavy atom. The zero-order valence-electron chi connectivity index (χ0n) is 14.2. The number of thiophene rings is 1. The molecule has 0 spiro atoms. The number of anilines is 1. The molecule has 8 heteroatoms. The van der Waals surface area contributed by atoms with E-state index < -0.39 is 0 Å². The molecule has 0 radical (unpaired) electrons. The van der Waals surface area contributed by atoms with Gasteiger partial charge in [-0.05, 0) is 35.7 Å². The highest BCUT2D eigenvalue weighted by atomic mass is 32.1. The Labute approximate surface area is 159 Å². The molecule has 4 rings (SSSR count). The van der Waals surface area contributed by atoms with Crippen LogP contribution in [-0.2, 0) is 13.1 Å². The molecular weight excluding hydrogens is 364 g/mol. The Morgan fingerprint density at radius 1 is 1.11 bits per heavy atom. The number of nitrogens with one attached hydrogen (secondary N) is 2. The predicted octanol–water partition coefficient (Wildman–Crippen LogP) is 3.93. The minimum Gasteiger partial charge on any atom is -0.467 e. The number of nitrogens with zero attached hydrogens (tertiary/aromatic N) is 2. The summed E-state index contributed by atoms with van der Waals surface area (Å²) in [5.74, 6) is 1.50. The molecule has 0 saturated heterocycles. The van der Waals surface area contributed by atoms with Crippen molar-refractivity contribution in [2.75, 3.05) is 5.32 Å². The number of carbonyl (C=O) groups excluding carboxylic acids is 1. The number of amides is 1. The van der Waals surface area contributed by atoms with Crippen LogP contribution in [0.4, 0.5) is 5.69 Å². The third kappa shape index (κ3) is 4.06. The van der Waals surface area contributed by atoms with Crippen molar-refractivity contribution in [1.29, 1.82) is 0 Å². The number of aromatic nitrogens is 2. The second kappa shape index (κ2) is 7.88. The van der Waals surface area contributed by atoms with Crippen molar-refractivity contribution < 1.29 is 13.7 Å². The number of benzene rings is 1. The Hall–Kier alpha value is -3.39. The molecule has 0 aliphatic heterocycles. The van der Waals surface area contributed by atoms with Gasteiger partial charge in [-0.3, -0.25) is 4.79 Å². The lowest BCUT2D eigenvalue weighted by molar-refractivity contribution is 0.0949. The second-order valence-electron chi connectivity index (χ2n) is 5.68. The molecule has 2 N–H and O–H groups in total. The highest BCUT2D eigenvalue weighted by molar-refractivity contribution is 7.08. The summed E-state index contributed by atoms with van der Waals surface area (Å²) >= 11 is 1.57. The molecule has 0 saturated carbocycles. The molecular formula is C19H16N4O3S. The van der Waals surface area contributed by atoms with Crippen molar-refractivity contribution in [2.24, 2.45) is 0 Å². The fourth-order valence-corrected chi connectivity index (χ4v) is 3.15. The van der Waals surface area contributed by atoms with Crippen LogP contribution in [-0.4, -0.2) is 16.0 Å². The molecule has 0 atom stereocenters. The van der Waals surface area contributed by atoms with Crippen molar-refractivity contribution >= 4 is 22.9 Å². The monoisotopic (exact) mass is 380 g/mol. The summed E-state index contributed by atoms with van der Waals surface area (Å²) in [6, 6.07) is 12.8. The Balaban J connectivity index is 1.41. The van der Waals surface area contributed by atoms with Gasteiger partial charge in [0.15, 0.2) is 0 Å². The first-order chi connectivity index (χ1) is 13.3. The maximum atomic E-state index is 12.5. The fourth-order valence-electron chi connectivity index (χ4n) is 2.52. The van der Waals surface area contributed by atoms with Gasteiger partial charge in [0, 0.05) is 16.6 Å². The number of para-hydroxylation sites is 1. The SMILES string of the molecule is O=C(NCc1ccco1)c1ccccc1NCc1nc(-c2ccsc2)no1. The van der Waals surface area contributed by atoms with Crippen LogP contribution < -0.4 is 10.6 Å². The molecule has 7 nitrogen and oxygen atoms in total. The van der Waals surface area contributed by atoms with Crippen LogP contribution in [0.25, 0.3) is 11.4 Å². The van der Waals surface area contributed by atoms with Crippen LogP contribution in [0.15, 0.2) is 68.4 Å². The maximum Gasteiger partial charge on any atom is 0.253 e. The molecule has 136 valence electrons. The molecule has 0 aliphatic rings. The van der Waals surface area contributed by atoms with E-state index in [1.54, 1.807) is 29.7 Å². The fraction of sp³-hybridized carbons (Fsp3) is 0.105. The lowest BCUT2D eigenvalue weighted by Crippen LogP contribution is -2.23. The van der Waals surface area contributed by atoms with Crippen molar-refractivity contribution in [3.05, 3.63) is 76.7 Å². The Kier molecular flexibility index (Phi) is 4.97. The average molecular weight is 380 g/mol. The van der Waals surface area contributed by atoms with E-state index in [0.717, 1.165) is 5.56 Å². The van der Waals surface area contributed by atoms with E-state index in [4.69, 9.17) is 8.94 Å². The van der Waals surface area contributed by atoms with Gasteiger partial charge in [-0.2, -0.15) is 16.3 Å². The largest absolute Gasteiger partial charge is 0.467 e. The van der Waals surface area contributed by atoms with Crippen molar-refractivity contribution in [1.82, 2.24) is 15.5 Å². The lowest BCUT2D eigenvalue weighted by Gasteiger charge is -2.10. The van der Waals surface area contributed by atoms with Gasteiger partial charge < -0.3 is 19.6 Å². The van der Waals surface area contributed by atoms with Gasteiger partial charge in [0.1, 0.15) is 5.76 Å². The van der Waals surface area contributed by atoms with E-state index in [1.807, 2.05) is 41.1 Å². The Morgan fingerprint density at radius 2 is 2.04 bits per heavy atom. The molecule has 1 aromatic carbocycles. The van der Waals surface area contributed by atoms with Crippen LogP contribution in [0.2, 0.25) is 0 Å². The third-order valence-corrected chi connectivity index (χ3v) is 4.54. The topological polar surface area (TPSA) is 93.2 Å². The van der Waals surface area contributed by atoms with E-state index in [0.29, 0.717) is 41.8 Å². The molecule has 1 amide bonds. The van der Waals surface area contributed by atoms with Crippen LogP contribution in [0.1, 0.15) is 22.0 Å². The van der Waals surface area contributed by atoms with Gasteiger partial charge in [0.05, 0.1) is 24.9 Å². The van der Waals surface area contributed by atoms with Gasteiger partial charge in [-0.15, -0.1) is 0 Å². The number of furan rings is 1. The molecule has 3 aromatic heterocycles. The number of hydrogen-bond acceptors (Lipinski definition) is 7. The zero-order valence-corrected chi connectivity index (χ0v) is 15.0. The van der Waals surface area contributed by atoms with Crippen molar-refractivity contribution in [3.8, 4) is 11.4 Å². The second-order valence-corrected chi connectivity index (χ2v) is 6.46. The summed E-state index contributed by atoms with van der Waals surface area (Å²) in [5, 5.41) is 13.9. The van der Waals surface area contributed by atoms with E-state index in [9.17, 15) is 4.79 Å². The van der Waals surface area contributed by atoms with Gasteiger partial charge in [-0.25, -0.2) is 0 Å². The summed E-state index contributed by atoms with van der Waals surface area (Å²) < 4.78 is 10.5. The molecule has 0 aliphatic carbocycles. The average Bonchev–Trinajstić information content (AvgIpc) is 3.47. The summed E-state index contributed by atoms with van der Waals surface area (Å²) in [6.45, 7) is 0.646. The molecule has 0 fully saturated rings. The minimum absolute atomic E-state index is 0.195. The summed E-state index contributed by atoms with van der Waals surface area (Å²) in [6.07, 6.45) is 1.58. The van der Waals surface area contributed by atoms with Crippen LogP contribution in [0.5, 0.6) is 0 Å². The summed E-state index contributed by atoms with van der Waals surface area (Å²) in [7, 11) is 0. The molecule has 27 heavy (non-hydrogen) atoms. The minimum atomic E-state index is -0.195. The van der Waals surface area contributed by atoms with E-state index in [1.165, 1.54) is 0 Å². The first kappa shape index (κ1) is 17.0. The summed E-state index contributed by atoms with van der Waals surface area (Å²) in [5.41, 5.74) is 2.14. The van der Waals surface area contributed by atoms with Crippen LogP contribution >= 0.6 is 11.3 Å². The first-order valence-corrected chi connectivity index (χ1v) is 9.22. The predicted molar refractivity (Wildman–Crippen MR) is 101 cm³/mol. The van der Waals surface area contributed by atoms with E-state index >= 15 is 0 Å². The smallest absolute Gasteiger partial charge is 0.253 e. The number of rotatable bonds is 7. The van der Waals surface area contributed by atoms with Crippen molar-refractivity contribution in [2.45, 2.75) is 13.1 Å². The highest BCUT2D eigenvalue weighted by Crippen LogP contribution is 2.20.